The van der Waals surface area contributed by atoms with Gasteiger partial charge in [0.25, 0.3) is 0 Å². The van der Waals surface area contributed by atoms with Gasteiger partial charge in [-0.3, -0.25) is 0 Å². The molecule has 0 aliphatic heterocycles. The fraction of sp³-hybridized carbons (Fsp3) is 0.462. The zero-order valence-corrected chi connectivity index (χ0v) is 10.8. The molecule has 6 heteroatoms. The number of halogens is 4. The largest absolute Gasteiger partial charge is 0.412 e. The lowest BCUT2D eigenvalue weighted by atomic mass is 10.2. The average Bonchev–Trinajstić information content (AvgIpc) is 3.06. The van der Waals surface area contributed by atoms with Crippen molar-refractivity contribution >= 4 is 22.6 Å². The third-order valence-corrected chi connectivity index (χ3v) is 3.82. The van der Waals surface area contributed by atoms with Crippen LogP contribution in [0.1, 0.15) is 18.7 Å². The number of alkyl halides is 4. The Balaban J connectivity index is 2.24. The van der Waals surface area contributed by atoms with Gasteiger partial charge in [0.1, 0.15) is 11.4 Å². The third kappa shape index (κ3) is 1.83. The number of imidazole rings is 1. The molecule has 0 N–H and O–H groups in total. The van der Waals surface area contributed by atoms with Crippen LogP contribution in [0, 0.1) is 0 Å². The van der Waals surface area contributed by atoms with Crippen molar-refractivity contribution in [3.8, 4) is 0 Å². The van der Waals surface area contributed by atoms with E-state index < -0.39 is 11.7 Å². The van der Waals surface area contributed by atoms with Crippen LogP contribution in [0.5, 0.6) is 0 Å². The summed E-state index contributed by atoms with van der Waals surface area (Å²) in [4.78, 5) is 4.30. The fourth-order valence-corrected chi connectivity index (χ4v) is 2.73. The van der Waals surface area contributed by atoms with E-state index in [9.17, 15) is 13.2 Å². The molecule has 1 aliphatic rings. The standard InChI is InChI=1S/C13H12ClF3N2/c14-8-5-11-18-9-3-1-2-4-10(9)19(11)12(6-7-12)13(15,16)17/h1-4H,5-8H2. The lowest BCUT2D eigenvalue weighted by Gasteiger charge is -2.23. The molecule has 2 aromatic rings. The van der Waals surface area contributed by atoms with Gasteiger partial charge in [-0.1, -0.05) is 12.1 Å². The molecule has 0 unspecified atom stereocenters. The molecule has 102 valence electrons. The van der Waals surface area contributed by atoms with Crippen molar-refractivity contribution in [2.24, 2.45) is 0 Å². The maximum Gasteiger partial charge on any atom is 0.412 e. The van der Waals surface area contributed by atoms with Gasteiger partial charge in [0.05, 0.1) is 11.0 Å². The summed E-state index contributed by atoms with van der Waals surface area (Å²) in [5.74, 6) is 0.683. The van der Waals surface area contributed by atoms with Gasteiger partial charge in [-0.25, -0.2) is 4.98 Å². The summed E-state index contributed by atoms with van der Waals surface area (Å²) in [5.41, 5.74) is -0.639. The van der Waals surface area contributed by atoms with Crippen LogP contribution in [0.3, 0.4) is 0 Å². The molecule has 0 atom stereocenters. The maximum atomic E-state index is 13.3. The number of rotatable bonds is 3. The molecular formula is C13H12ClF3N2. The Bertz CT molecular complexity index is 614. The number of nitrogens with zero attached hydrogens (tertiary/aromatic N) is 2. The lowest BCUT2D eigenvalue weighted by molar-refractivity contribution is -0.179. The predicted molar refractivity (Wildman–Crippen MR) is 67.4 cm³/mol. The summed E-state index contributed by atoms with van der Waals surface area (Å²) in [7, 11) is 0. The Morgan fingerprint density at radius 1 is 1.26 bits per heavy atom. The van der Waals surface area contributed by atoms with Gasteiger partial charge in [0, 0.05) is 12.3 Å². The van der Waals surface area contributed by atoms with Crippen LogP contribution in [-0.4, -0.2) is 21.6 Å². The Morgan fingerprint density at radius 2 is 1.95 bits per heavy atom. The van der Waals surface area contributed by atoms with Gasteiger partial charge < -0.3 is 4.57 Å². The van der Waals surface area contributed by atoms with Crippen molar-refractivity contribution in [3.05, 3.63) is 30.1 Å². The Morgan fingerprint density at radius 3 is 2.53 bits per heavy atom. The van der Waals surface area contributed by atoms with Gasteiger partial charge in [-0.2, -0.15) is 13.2 Å². The van der Waals surface area contributed by atoms with E-state index in [1.165, 1.54) is 4.57 Å². The second-order valence-corrected chi connectivity index (χ2v) is 5.20. The summed E-state index contributed by atoms with van der Waals surface area (Å²) >= 11 is 5.69. The zero-order valence-electron chi connectivity index (χ0n) is 10.0. The minimum absolute atomic E-state index is 0.117. The molecule has 0 spiro atoms. The molecule has 1 heterocycles. The van der Waals surface area contributed by atoms with Gasteiger partial charge in [0.2, 0.25) is 0 Å². The van der Waals surface area contributed by atoms with E-state index in [2.05, 4.69) is 4.98 Å². The SMILES string of the molecule is FC(F)(F)C1(n2c(CCCl)nc3ccccc32)CC1. The maximum absolute atomic E-state index is 13.3. The minimum atomic E-state index is -4.25. The van der Waals surface area contributed by atoms with Gasteiger partial charge >= 0.3 is 6.18 Å². The van der Waals surface area contributed by atoms with E-state index in [1.807, 2.05) is 0 Å². The van der Waals surface area contributed by atoms with E-state index in [4.69, 9.17) is 11.6 Å². The molecule has 0 saturated heterocycles. The first-order valence-electron chi connectivity index (χ1n) is 6.09. The second-order valence-electron chi connectivity index (χ2n) is 4.82. The third-order valence-electron chi connectivity index (χ3n) is 3.63. The smallest absolute Gasteiger partial charge is 0.312 e. The highest BCUT2D eigenvalue weighted by atomic mass is 35.5. The van der Waals surface area contributed by atoms with Crippen molar-refractivity contribution in [1.29, 1.82) is 0 Å². The number of fused-ring (bicyclic) bond motifs is 1. The first-order chi connectivity index (χ1) is 8.99. The van der Waals surface area contributed by atoms with Gasteiger partial charge in [-0.05, 0) is 25.0 Å². The number of aromatic nitrogens is 2. The molecular weight excluding hydrogens is 277 g/mol. The molecule has 0 bridgehead atoms. The normalized spacial score (nSPS) is 17.9. The van der Waals surface area contributed by atoms with E-state index in [0.29, 0.717) is 23.3 Å². The Kier molecular flexibility index (Phi) is 2.78. The topological polar surface area (TPSA) is 17.8 Å². The van der Waals surface area contributed by atoms with E-state index >= 15 is 0 Å². The summed E-state index contributed by atoms with van der Waals surface area (Å²) in [6.07, 6.45) is -3.68. The number of para-hydroxylation sites is 2. The van der Waals surface area contributed by atoms with Gasteiger partial charge in [0.15, 0.2) is 0 Å². The lowest BCUT2D eigenvalue weighted by Crippen LogP contribution is -2.36. The molecule has 19 heavy (non-hydrogen) atoms. The molecule has 3 rings (SSSR count). The number of aryl methyl sites for hydroxylation is 1. The van der Waals surface area contributed by atoms with Gasteiger partial charge in [-0.15, -0.1) is 11.6 Å². The van der Waals surface area contributed by atoms with Crippen LogP contribution in [0.25, 0.3) is 11.0 Å². The summed E-state index contributed by atoms with van der Waals surface area (Å²) in [6.45, 7) is 0. The first kappa shape index (κ1) is 12.8. The molecule has 1 fully saturated rings. The molecule has 0 amide bonds. The zero-order chi connectivity index (χ0) is 13.7. The van der Waals surface area contributed by atoms with Crippen LogP contribution < -0.4 is 0 Å². The Hall–Kier alpha value is -1.23. The van der Waals surface area contributed by atoms with Crippen molar-refractivity contribution in [3.63, 3.8) is 0 Å². The molecule has 1 saturated carbocycles. The van der Waals surface area contributed by atoms with E-state index in [-0.39, 0.29) is 18.7 Å². The summed E-state index contributed by atoms with van der Waals surface area (Å²) in [6, 6.07) is 6.93. The first-order valence-corrected chi connectivity index (χ1v) is 6.62. The van der Waals surface area contributed by atoms with Crippen molar-refractivity contribution in [1.82, 2.24) is 9.55 Å². The number of benzene rings is 1. The summed E-state index contributed by atoms with van der Waals surface area (Å²) in [5, 5.41) is 0. The predicted octanol–water partition coefficient (Wildman–Crippen LogP) is 3.87. The van der Waals surface area contributed by atoms with Crippen LogP contribution in [-0.2, 0) is 12.0 Å². The van der Waals surface area contributed by atoms with Crippen LogP contribution in [0.2, 0.25) is 0 Å². The van der Waals surface area contributed by atoms with E-state index in [0.717, 1.165) is 0 Å². The highest BCUT2D eigenvalue weighted by Gasteiger charge is 2.65. The molecule has 1 aliphatic carbocycles. The van der Waals surface area contributed by atoms with Crippen LogP contribution in [0.15, 0.2) is 24.3 Å². The van der Waals surface area contributed by atoms with E-state index in [1.54, 1.807) is 24.3 Å². The van der Waals surface area contributed by atoms with Crippen LogP contribution in [0.4, 0.5) is 13.2 Å². The highest BCUT2D eigenvalue weighted by molar-refractivity contribution is 6.17. The molecule has 2 nitrogen and oxygen atoms in total. The van der Waals surface area contributed by atoms with Crippen molar-refractivity contribution in [2.45, 2.75) is 31.0 Å². The minimum Gasteiger partial charge on any atom is -0.312 e. The molecule has 0 radical (unpaired) electrons. The number of hydrogen-bond donors (Lipinski definition) is 0. The van der Waals surface area contributed by atoms with Crippen molar-refractivity contribution in [2.75, 3.05) is 5.88 Å². The highest BCUT2D eigenvalue weighted by Crippen LogP contribution is 2.56. The average molecular weight is 289 g/mol. The quantitative estimate of drug-likeness (QED) is 0.784. The van der Waals surface area contributed by atoms with Crippen LogP contribution >= 0.6 is 11.6 Å². The second kappa shape index (κ2) is 4.13. The number of hydrogen-bond acceptors (Lipinski definition) is 1. The molecule has 1 aromatic heterocycles. The monoisotopic (exact) mass is 288 g/mol. The Labute approximate surface area is 113 Å². The molecule has 1 aromatic carbocycles. The fourth-order valence-electron chi connectivity index (χ4n) is 2.56. The summed E-state index contributed by atoms with van der Waals surface area (Å²) < 4.78 is 41.3. The van der Waals surface area contributed by atoms with Crippen molar-refractivity contribution < 1.29 is 13.2 Å².